The SMILES string of the molecule is C[C@@H](NS(=O)(=O)c1ccc(Cn2cc(F)c(=O)[nH]c2=O)cc1)c1cccc(OC2CCCC2)c1. The smallest absolute Gasteiger partial charge is 0.328 e. The molecule has 0 amide bonds. The fourth-order valence-corrected chi connectivity index (χ4v) is 5.23. The Morgan fingerprint density at radius 3 is 2.56 bits per heavy atom. The van der Waals surface area contributed by atoms with Crippen LogP contribution in [0.2, 0.25) is 0 Å². The molecule has 1 saturated carbocycles. The van der Waals surface area contributed by atoms with E-state index in [0.29, 0.717) is 5.56 Å². The highest BCUT2D eigenvalue weighted by molar-refractivity contribution is 7.89. The number of hydrogen-bond acceptors (Lipinski definition) is 5. The van der Waals surface area contributed by atoms with Crippen molar-refractivity contribution in [3.63, 3.8) is 0 Å². The number of ether oxygens (including phenoxy) is 1. The summed E-state index contributed by atoms with van der Waals surface area (Å²) in [6, 6.07) is 12.8. The number of halogens is 1. The molecule has 3 aromatic rings. The van der Waals surface area contributed by atoms with Gasteiger partial charge >= 0.3 is 5.69 Å². The Morgan fingerprint density at radius 1 is 1.15 bits per heavy atom. The van der Waals surface area contributed by atoms with E-state index in [-0.39, 0.29) is 17.5 Å². The molecule has 0 spiro atoms. The Hall–Kier alpha value is -3.24. The molecule has 1 aromatic heterocycles. The van der Waals surface area contributed by atoms with Crippen LogP contribution in [-0.2, 0) is 16.6 Å². The van der Waals surface area contributed by atoms with E-state index in [1.165, 1.54) is 24.3 Å². The average Bonchev–Trinajstić information content (AvgIpc) is 3.31. The summed E-state index contributed by atoms with van der Waals surface area (Å²) in [5, 5.41) is 0. The molecule has 34 heavy (non-hydrogen) atoms. The van der Waals surface area contributed by atoms with E-state index < -0.39 is 33.1 Å². The zero-order valence-electron chi connectivity index (χ0n) is 18.7. The van der Waals surface area contributed by atoms with Crippen LogP contribution < -0.4 is 20.7 Å². The number of aromatic amines is 1. The van der Waals surface area contributed by atoms with Crippen molar-refractivity contribution in [2.45, 2.75) is 56.2 Å². The average molecular weight is 488 g/mol. The molecule has 4 rings (SSSR count). The van der Waals surface area contributed by atoms with E-state index in [4.69, 9.17) is 4.74 Å². The van der Waals surface area contributed by atoms with Crippen LogP contribution in [-0.4, -0.2) is 24.1 Å². The summed E-state index contributed by atoms with van der Waals surface area (Å²) in [5.41, 5.74) is -0.483. The van der Waals surface area contributed by atoms with Crippen LogP contribution >= 0.6 is 0 Å². The number of aromatic nitrogens is 2. The van der Waals surface area contributed by atoms with Gasteiger partial charge in [0.1, 0.15) is 5.75 Å². The number of benzene rings is 2. The van der Waals surface area contributed by atoms with Gasteiger partial charge < -0.3 is 4.74 Å². The molecule has 1 aliphatic carbocycles. The minimum atomic E-state index is -3.82. The van der Waals surface area contributed by atoms with Crippen molar-refractivity contribution in [2.24, 2.45) is 0 Å². The maximum atomic E-state index is 13.5. The van der Waals surface area contributed by atoms with Gasteiger partial charge in [-0.05, 0) is 68.0 Å². The fourth-order valence-electron chi connectivity index (χ4n) is 4.00. The number of H-pyrrole nitrogens is 1. The van der Waals surface area contributed by atoms with Crippen molar-refractivity contribution < 1.29 is 17.5 Å². The lowest BCUT2D eigenvalue weighted by molar-refractivity contribution is 0.210. The minimum Gasteiger partial charge on any atom is -0.490 e. The number of rotatable bonds is 8. The molecule has 2 N–H and O–H groups in total. The summed E-state index contributed by atoms with van der Waals surface area (Å²) < 4.78 is 49.0. The van der Waals surface area contributed by atoms with Crippen LogP contribution in [0.15, 0.2) is 69.2 Å². The molecule has 1 fully saturated rings. The summed E-state index contributed by atoms with van der Waals surface area (Å²) in [7, 11) is -3.82. The molecular weight excluding hydrogens is 461 g/mol. The lowest BCUT2D eigenvalue weighted by atomic mass is 10.1. The molecule has 1 aliphatic rings. The molecular formula is C24H26FN3O5S. The molecule has 0 radical (unpaired) electrons. The Balaban J connectivity index is 1.44. The first-order valence-electron chi connectivity index (χ1n) is 11.1. The molecule has 0 unspecified atom stereocenters. The van der Waals surface area contributed by atoms with E-state index in [2.05, 4.69) is 4.72 Å². The Labute approximate surface area is 196 Å². The number of nitrogens with zero attached hydrogens (tertiary/aromatic N) is 1. The van der Waals surface area contributed by atoms with E-state index in [0.717, 1.165) is 47.8 Å². The van der Waals surface area contributed by atoms with Crippen LogP contribution in [0.1, 0.15) is 49.8 Å². The van der Waals surface area contributed by atoms with E-state index in [1.54, 1.807) is 6.92 Å². The van der Waals surface area contributed by atoms with Gasteiger partial charge in [0, 0.05) is 6.04 Å². The monoisotopic (exact) mass is 487 g/mol. The van der Waals surface area contributed by atoms with E-state index in [1.807, 2.05) is 29.2 Å². The number of hydrogen-bond donors (Lipinski definition) is 2. The maximum absolute atomic E-state index is 13.5. The normalized spacial score (nSPS) is 15.4. The summed E-state index contributed by atoms with van der Waals surface area (Å²) in [6.45, 7) is 1.74. The van der Waals surface area contributed by atoms with E-state index in [9.17, 15) is 22.4 Å². The second kappa shape index (κ2) is 9.94. The van der Waals surface area contributed by atoms with Gasteiger partial charge in [0.25, 0.3) is 5.56 Å². The first-order chi connectivity index (χ1) is 16.2. The Morgan fingerprint density at radius 2 is 1.85 bits per heavy atom. The highest BCUT2D eigenvalue weighted by Crippen LogP contribution is 2.26. The molecule has 1 heterocycles. The van der Waals surface area contributed by atoms with Crippen LogP contribution in [0.25, 0.3) is 0 Å². The molecule has 0 bridgehead atoms. The third-order valence-electron chi connectivity index (χ3n) is 5.85. The second-order valence-electron chi connectivity index (χ2n) is 8.45. The van der Waals surface area contributed by atoms with Gasteiger partial charge in [-0.15, -0.1) is 0 Å². The predicted molar refractivity (Wildman–Crippen MR) is 125 cm³/mol. The summed E-state index contributed by atoms with van der Waals surface area (Å²) in [4.78, 5) is 24.9. The van der Waals surface area contributed by atoms with Crippen molar-refractivity contribution in [1.29, 1.82) is 0 Å². The van der Waals surface area contributed by atoms with Crippen molar-refractivity contribution >= 4 is 10.0 Å². The largest absolute Gasteiger partial charge is 0.490 e. The minimum absolute atomic E-state index is 0.0233. The zero-order valence-corrected chi connectivity index (χ0v) is 19.5. The molecule has 0 saturated heterocycles. The summed E-state index contributed by atoms with van der Waals surface area (Å²) in [6.07, 6.45) is 5.43. The van der Waals surface area contributed by atoms with Crippen molar-refractivity contribution in [3.8, 4) is 5.75 Å². The Kier molecular flexibility index (Phi) is 6.99. The van der Waals surface area contributed by atoms with Gasteiger partial charge in [-0.2, -0.15) is 4.39 Å². The van der Waals surface area contributed by atoms with Crippen LogP contribution in [0, 0.1) is 5.82 Å². The topological polar surface area (TPSA) is 110 Å². The second-order valence-corrected chi connectivity index (χ2v) is 10.2. The molecule has 8 nitrogen and oxygen atoms in total. The van der Waals surface area contributed by atoms with Crippen molar-refractivity contribution in [3.05, 3.63) is 92.5 Å². The quantitative estimate of drug-likeness (QED) is 0.507. The van der Waals surface area contributed by atoms with Crippen molar-refractivity contribution in [1.82, 2.24) is 14.3 Å². The number of nitrogens with one attached hydrogen (secondary N) is 2. The van der Waals surface area contributed by atoms with E-state index >= 15 is 0 Å². The Bertz CT molecular complexity index is 1380. The zero-order chi connectivity index (χ0) is 24.3. The summed E-state index contributed by atoms with van der Waals surface area (Å²) >= 11 is 0. The predicted octanol–water partition coefficient (Wildman–Crippen LogP) is 3.08. The third-order valence-corrected chi connectivity index (χ3v) is 7.41. The van der Waals surface area contributed by atoms with Gasteiger partial charge in [0.05, 0.1) is 23.7 Å². The maximum Gasteiger partial charge on any atom is 0.328 e. The number of sulfonamides is 1. The molecule has 1 atom stereocenters. The molecule has 10 heteroatoms. The molecule has 2 aromatic carbocycles. The van der Waals surface area contributed by atoms with Crippen LogP contribution in [0.3, 0.4) is 0 Å². The van der Waals surface area contributed by atoms with Gasteiger partial charge in [-0.3, -0.25) is 14.3 Å². The van der Waals surface area contributed by atoms with Crippen LogP contribution in [0.5, 0.6) is 5.75 Å². The first kappa shape index (κ1) is 23.9. The molecule has 0 aliphatic heterocycles. The lowest BCUT2D eigenvalue weighted by Gasteiger charge is -2.18. The first-order valence-corrected chi connectivity index (χ1v) is 12.6. The fraction of sp³-hybridized carbons (Fsp3) is 0.333. The third kappa shape index (κ3) is 5.63. The van der Waals surface area contributed by atoms with Crippen molar-refractivity contribution in [2.75, 3.05) is 0 Å². The van der Waals surface area contributed by atoms with Gasteiger partial charge in [0.15, 0.2) is 0 Å². The summed E-state index contributed by atoms with van der Waals surface area (Å²) in [5.74, 6) is -0.344. The highest BCUT2D eigenvalue weighted by atomic mass is 32.2. The van der Waals surface area contributed by atoms with Gasteiger partial charge in [-0.25, -0.2) is 17.9 Å². The standard InChI is InChI=1S/C24H26FN3O5S/c1-16(18-5-4-8-20(13-18)33-19-6-2-3-7-19)27-34(31,32)21-11-9-17(10-12-21)14-28-15-22(25)23(29)26-24(28)30/h4-5,8-13,15-16,19,27H,2-3,6-7,14H2,1H3,(H,26,29,30)/t16-/m1/s1. The highest BCUT2D eigenvalue weighted by Gasteiger charge is 2.20. The van der Waals surface area contributed by atoms with Gasteiger partial charge in [-0.1, -0.05) is 24.3 Å². The van der Waals surface area contributed by atoms with Gasteiger partial charge in [0.2, 0.25) is 15.8 Å². The molecule has 180 valence electrons. The lowest BCUT2D eigenvalue weighted by Crippen LogP contribution is -2.31. The van der Waals surface area contributed by atoms with Crippen LogP contribution in [0.4, 0.5) is 4.39 Å².